The zero-order valence-corrected chi connectivity index (χ0v) is 12.5. The topological polar surface area (TPSA) is 104 Å². The molecule has 1 heterocycles. The second-order valence-electron chi connectivity index (χ2n) is 4.24. The van der Waals surface area contributed by atoms with Gasteiger partial charge in [0.15, 0.2) is 4.34 Å². The van der Waals surface area contributed by atoms with Crippen LogP contribution in [-0.2, 0) is 10.0 Å². The van der Waals surface area contributed by atoms with E-state index >= 15 is 0 Å². The number of thiophene rings is 1. The summed E-state index contributed by atoms with van der Waals surface area (Å²) < 4.78 is 25.8. The first-order valence-electron chi connectivity index (χ1n) is 5.70. The van der Waals surface area contributed by atoms with Gasteiger partial charge in [0.05, 0.1) is 11.0 Å². The van der Waals surface area contributed by atoms with Crippen LogP contribution in [0, 0.1) is 21.4 Å². The summed E-state index contributed by atoms with van der Waals surface area (Å²) >= 11 is 6.36. The molecule has 0 aliphatic heterocycles. The lowest BCUT2D eigenvalue weighted by Crippen LogP contribution is -2.33. The summed E-state index contributed by atoms with van der Waals surface area (Å²) in [7, 11) is -3.83. The number of rotatable bonds is 6. The Morgan fingerprint density at radius 1 is 1.60 bits per heavy atom. The Morgan fingerprint density at radius 3 is 2.70 bits per heavy atom. The minimum atomic E-state index is -3.83. The third kappa shape index (κ3) is 2.93. The van der Waals surface area contributed by atoms with Crippen LogP contribution in [0.25, 0.3) is 0 Å². The van der Waals surface area contributed by atoms with Crippen LogP contribution >= 0.6 is 22.9 Å². The molecule has 2 rings (SSSR count). The highest BCUT2D eigenvalue weighted by Gasteiger charge is 2.39. The molecule has 1 aromatic rings. The largest absolute Gasteiger partial charge is 0.300 e. The van der Waals surface area contributed by atoms with Crippen molar-refractivity contribution in [3.05, 3.63) is 20.5 Å². The molecule has 1 fully saturated rings. The molecule has 7 nitrogen and oxygen atoms in total. The molecule has 1 aliphatic carbocycles. The molecule has 108 valence electrons. The molecule has 0 N–H and O–H groups in total. The molecular weight excluding hydrogens is 326 g/mol. The van der Waals surface area contributed by atoms with E-state index in [4.69, 9.17) is 16.9 Å². The predicted octanol–water partition coefficient (Wildman–Crippen LogP) is 2.38. The average molecular weight is 336 g/mol. The van der Waals surface area contributed by atoms with Crippen molar-refractivity contribution in [3.63, 3.8) is 0 Å². The minimum Gasteiger partial charge on any atom is -0.258 e. The summed E-state index contributed by atoms with van der Waals surface area (Å²) in [5.74, 6) is 0. The third-order valence-electron chi connectivity index (χ3n) is 2.80. The lowest BCUT2D eigenvalue weighted by Gasteiger charge is -2.19. The molecule has 0 radical (unpaired) electrons. The molecule has 0 atom stereocenters. The van der Waals surface area contributed by atoms with Crippen molar-refractivity contribution >= 4 is 38.6 Å². The van der Waals surface area contributed by atoms with Crippen molar-refractivity contribution in [2.45, 2.75) is 29.5 Å². The van der Waals surface area contributed by atoms with E-state index in [0.29, 0.717) is 11.3 Å². The number of hydrogen-bond donors (Lipinski definition) is 0. The van der Waals surface area contributed by atoms with E-state index in [2.05, 4.69) is 0 Å². The standard InChI is InChI=1S/C10H10ClN3O4S2/c11-10-8(14(15)16)6-9(19-10)20(17,18)13(5-1-4-12)7-2-3-7/h6-7H,1-3,5H2. The number of nitro groups is 1. The minimum absolute atomic E-state index is 0.0803. The molecule has 0 amide bonds. The monoisotopic (exact) mass is 335 g/mol. The van der Waals surface area contributed by atoms with Gasteiger partial charge in [0.1, 0.15) is 4.21 Å². The lowest BCUT2D eigenvalue weighted by molar-refractivity contribution is -0.384. The Hall–Kier alpha value is -1.21. The van der Waals surface area contributed by atoms with Gasteiger partial charge in [0, 0.05) is 25.1 Å². The van der Waals surface area contributed by atoms with Crippen molar-refractivity contribution in [1.82, 2.24) is 4.31 Å². The summed E-state index contributed by atoms with van der Waals surface area (Å²) in [6.07, 6.45) is 1.56. The van der Waals surface area contributed by atoms with Crippen molar-refractivity contribution in [2.24, 2.45) is 0 Å². The van der Waals surface area contributed by atoms with Gasteiger partial charge in [-0.15, -0.1) is 11.3 Å². The van der Waals surface area contributed by atoms with Crippen LogP contribution in [0.1, 0.15) is 19.3 Å². The zero-order chi connectivity index (χ0) is 14.9. The number of hydrogen-bond acceptors (Lipinski definition) is 6. The Kier molecular flexibility index (Phi) is 4.29. The molecule has 20 heavy (non-hydrogen) atoms. The van der Waals surface area contributed by atoms with Gasteiger partial charge >= 0.3 is 0 Å². The van der Waals surface area contributed by atoms with Gasteiger partial charge in [-0.3, -0.25) is 10.1 Å². The van der Waals surface area contributed by atoms with E-state index in [1.54, 1.807) is 0 Å². The average Bonchev–Trinajstić information content (AvgIpc) is 3.10. The number of halogens is 1. The van der Waals surface area contributed by atoms with Crippen molar-refractivity contribution in [1.29, 1.82) is 5.26 Å². The normalized spacial score (nSPS) is 15.2. The van der Waals surface area contributed by atoms with Crippen LogP contribution in [-0.4, -0.2) is 30.2 Å². The molecule has 10 heteroatoms. The highest BCUT2D eigenvalue weighted by molar-refractivity contribution is 7.91. The molecule has 0 unspecified atom stereocenters. The quantitative estimate of drug-likeness (QED) is 0.586. The number of nitrogens with zero attached hydrogens (tertiary/aromatic N) is 3. The van der Waals surface area contributed by atoms with E-state index < -0.39 is 20.6 Å². The second kappa shape index (κ2) is 5.65. The molecule has 0 spiro atoms. The van der Waals surface area contributed by atoms with Gasteiger partial charge in [-0.1, -0.05) is 11.6 Å². The first-order valence-corrected chi connectivity index (χ1v) is 8.34. The van der Waals surface area contributed by atoms with Crippen molar-refractivity contribution in [2.75, 3.05) is 6.54 Å². The van der Waals surface area contributed by atoms with Crippen LogP contribution in [0.15, 0.2) is 10.3 Å². The van der Waals surface area contributed by atoms with Crippen molar-refractivity contribution < 1.29 is 13.3 Å². The van der Waals surface area contributed by atoms with Gasteiger partial charge in [-0.25, -0.2) is 8.42 Å². The Labute approximate surface area is 124 Å². The van der Waals surface area contributed by atoms with Gasteiger partial charge in [-0.2, -0.15) is 9.57 Å². The number of nitriles is 1. The van der Waals surface area contributed by atoms with E-state index in [-0.39, 0.29) is 27.6 Å². The van der Waals surface area contributed by atoms with Gasteiger partial charge in [0.2, 0.25) is 0 Å². The van der Waals surface area contributed by atoms with E-state index in [9.17, 15) is 18.5 Å². The molecule has 0 aromatic carbocycles. The van der Waals surface area contributed by atoms with E-state index in [1.165, 1.54) is 4.31 Å². The maximum Gasteiger partial charge on any atom is 0.300 e. The van der Waals surface area contributed by atoms with Gasteiger partial charge < -0.3 is 0 Å². The highest BCUT2D eigenvalue weighted by Crippen LogP contribution is 2.40. The molecule has 0 saturated heterocycles. The van der Waals surface area contributed by atoms with Crippen LogP contribution in [0.5, 0.6) is 0 Å². The fraction of sp³-hybridized carbons (Fsp3) is 0.500. The Morgan fingerprint density at radius 2 is 2.25 bits per heavy atom. The number of sulfonamides is 1. The fourth-order valence-corrected chi connectivity index (χ4v) is 5.21. The lowest BCUT2D eigenvalue weighted by atomic mass is 10.4. The molecule has 1 aliphatic rings. The summed E-state index contributed by atoms with van der Waals surface area (Å²) in [5, 5.41) is 19.3. The highest BCUT2D eigenvalue weighted by atomic mass is 35.5. The van der Waals surface area contributed by atoms with E-state index in [0.717, 1.165) is 18.9 Å². The van der Waals surface area contributed by atoms with Crippen LogP contribution < -0.4 is 0 Å². The van der Waals surface area contributed by atoms with Crippen LogP contribution in [0.2, 0.25) is 4.34 Å². The SMILES string of the molecule is N#CCCN(C1CC1)S(=O)(=O)c1cc([N+](=O)[O-])c(Cl)s1. The second-order valence-corrected chi connectivity index (χ2v) is 8.01. The van der Waals surface area contributed by atoms with Crippen molar-refractivity contribution in [3.8, 4) is 6.07 Å². The summed E-state index contributed by atoms with van der Waals surface area (Å²) in [4.78, 5) is 10.0. The van der Waals surface area contributed by atoms with E-state index in [1.807, 2.05) is 6.07 Å². The molecule has 1 saturated carbocycles. The van der Waals surface area contributed by atoms with Gasteiger partial charge in [-0.05, 0) is 12.8 Å². The zero-order valence-electron chi connectivity index (χ0n) is 10.2. The molecule has 1 aromatic heterocycles. The summed E-state index contributed by atoms with van der Waals surface area (Å²) in [5.41, 5.74) is -0.411. The Balaban J connectivity index is 2.35. The predicted molar refractivity (Wildman–Crippen MR) is 73.1 cm³/mol. The summed E-state index contributed by atoms with van der Waals surface area (Å²) in [6, 6.07) is 2.76. The smallest absolute Gasteiger partial charge is 0.258 e. The molecular formula is C10H10ClN3O4S2. The summed E-state index contributed by atoms with van der Waals surface area (Å²) in [6.45, 7) is 0.0901. The molecule has 0 bridgehead atoms. The fourth-order valence-electron chi connectivity index (χ4n) is 1.73. The van der Waals surface area contributed by atoms with Crippen LogP contribution in [0.4, 0.5) is 5.69 Å². The maximum absolute atomic E-state index is 12.5. The first kappa shape index (κ1) is 15.2. The first-order chi connectivity index (χ1) is 9.37. The van der Waals surface area contributed by atoms with Gasteiger partial charge in [0.25, 0.3) is 15.7 Å². The third-order valence-corrected chi connectivity index (χ3v) is 6.54. The maximum atomic E-state index is 12.5. The van der Waals surface area contributed by atoms with Crippen LogP contribution in [0.3, 0.4) is 0 Å². The Bertz CT molecular complexity index is 675.